The minimum absolute atomic E-state index is 0.384. The van der Waals surface area contributed by atoms with Crippen molar-refractivity contribution in [2.75, 3.05) is 0 Å². The molecule has 0 N–H and O–H groups in total. The SMILES string of the molecule is CC(C)(C)C1CCC(Oc2ccc3cc(CN4C5CCCC4CC5)ccc3c2)CC1. The van der Waals surface area contributed by atoms with Gasteiger partial charge in [-0.05, 0) is 97.2 Å². The van der Waals surface area contributed by atoms with Gasteiger partial charge in [0.25, 0.3) is 0 Å². The zero-order chi connectivity index (χ0) is 20.7. The maximum absolute atomic E-state index is 6.40. The summed E-state index contributed by atoms with van der Waals surface area (Å²) >= 11 is 0. The molecular weight excluding hydrogens is 366 g/mol. The van der Waals surface area contributed by atoms with E-state index in [4.69, 9.17) is 4.74 Å². The molecule has 2 heterocycles. The third-order valence-corrected chi connectivity index (χ3v) is 8.29. The molecule has 0 aromatic heterocycles. The van der Waals surface area contributed by atoms with Crippen LogP contribution >= 0.6 is 0 Å². The molecule has 1 aliphatic carbocycles. The van der Waals surface area contributed by atoms with Gasteiger partial charge in [0.05, 0.1) is 6.10 Å². The van der Waals surface area contributed by atoms with E-state index in [0.717, 1.165) is 30.3 Å². The molecule has 0 amide bonds. The summed E-state index contributed by atoms with van der Waals surface area (Å²) in [4.78, 5) is 2.79. The molecule has 2 aromatic rings. The lowest BCUT2D eigenvalue weighted by Gasteiger charge is -2.37. The van der Waals surface area contributed by atoms with Crippen molar-refractivity contribution in [3.8, 4) is 5.75 Å². The smallest absolute Gasteiger partial charge is 0.120 e. The molecule has 162 valence electrons. The van der Waals surface area contributed by atoms with Crippen molar-refractivity contribution < 1.29 is 4.74 Å². The van der Waals surface area contributed by atoms with Crippen molar-refractivity contribution in [3.63, 3.8) is 0 Å². The minimum atomic E-state index is 0.384. The van der Waals surface area contributed by atoms with E-state index in [9.17, 15) is 0 Å². The molecule has 30 heavy (non-hydrogen) atoms. The first-order chi connectivity index (χ1) is 14.5. The van der Waals surface area contributed by atoms with Gasteiger partial charge in [0.2, 0.25) is 0 Å². The average molecular weight is 406 g/mol. The number of hydrogen-bond acceptors (Lipinski definition) is 2. The van der Waals surface area contributed by atoms with Crippen molar-refractivity contribution in [2.24, 2.45) is 11.3 Å². The highest BCUT2D eigenvalue weighted by Gasteiger charge is 2.36. The molecule has 2 bridgehead atoms. The fourth-order valence-corrected chi connectivity index (χ4v) is 6.38. The van der Waals surface area contributed by atoms with Crippen LogP contribution in [0.3, 0.4) is 0 Å². The van der Waals surface area contributed by atoms with Crippen LogP contribution in [0.25, 0.3) is 10.8 Å². The Bertz CT molecular complexity index is 858. The first-order valence-electron chi connectivity index (χ1n) is 12.4. The zero-order valence-electron chi connectivity index (χ0n) is 19.2. The summed E-state index contributed by atoms with van der Waals surface area (Å²) < 4.78 is 6.40. The molecule has 2 saturated heterocycles. The molecule has 2 aliphatic heterocycles. The van der Waals surface area contributed by atoms with Crippen LogP contribution in [0.1, 0.15) is 84.1 Å². The second-order valence-electron chi connectivity index (χ2n) is 11.3. The van der Waals surface area contributed by atoms with Gasteiger partial charge in [-0.25, -0.2) is 0 Å². The fourth-order valence-electron chi connectivity index (χ4n) is 6.38. The first-order valence-corrected chi connectivity index (χ1v) is 12.4. The molecular formula is C28H39NO. The lowest BCUT2D eigenvalue weighted by atomic mass is 9.72. The van der Waals surface area contributed by atoms with Gasteiger partial charge in [-0.15, -0.1) is 0 Å². The van der Waals surface area contributed by atoms with Gasteiger partial charge in [0.15, 0.2) is 0 Å². The van der Waals surface area contributed by atoms with Crippen molar-refractivity contribution in [3.05, 3.63) is 42.0 Å². The second-order valence-corrected chi connectivity index (χ2v) is 11.3. The quantitative estimate of drug-likeness (QED) is 0.527. The van der Waals surface area contributed by atoms with Gasteiger partial charge >= 0.3 is 0 Å². The van der Waals surface area contributed by atoms with Crippen LogP contribution in [-0.4, -0.2) is 23.1 Å². The van der Waals surface area contributed by atoms with E-state index in [2.05, 4.69) is 62.1 Å². The maximum atomic E-state index is 6.40. The molecule has 0 radical (unpaired) electrons. The van der Waals surface area contributed by atoms with Crippen molar-refractivity contribution >= 4 is 10.8 Å². The zero-order valence-corrected chi connectivity index (χ0v) is 19.2. The van der Waals surface area contributed by atoms with E-state index in [1.165, 1.54) is 74.1 Å². The van der Waals surface area contributed by atoms with E-state index in [1.807, 2.05) is 0 Å². The number of ether oxygens (including phenoxy) is 1. The average Bonchev–Trinajstić information content (AvgIpc) is 2.94. The van der Waals surface area contributed by atoms with Crippen LogP contribution in [0.4, 0.5) is 0 Å². The Morgan fingerprint density at radius 1 is 0.800 bits per heavy atom. The predicted octanol–water partition coefficient (Wildman–Crippen LogP) is 7.34. The van der Waals surface area contributed by atoms with Gasteiger partial charge < -0.3 is 4.74 Å². The summed E-state index contributed by atoms with van der Waals surface area (Å²) in [5.41, 5.74) is 1.90. The molecule has 3 fully saturated rings. The number of rotatable bonds is 4. The number of nitrogens with zero attached hydrogens (tertiary/aromatic N) is 1. The lowest BCUT2D eigenvalue weighted by molar-refractivity contribution is 0.0883. The summed E-state index contributed by atoms with van der Waals surface area (Å²) in [7, 11) is 0. The summed E-state index contributed by atoms with van der Waals surface area (Å²) in [6.07, 6.45) is 12.4. The molecule has 2 heteroatoms. The van der Waals surface area contributed by atoms with Gasteiger partial charge in [0.1, 0.15) is 5.75 Å². The van der Waals surface area contributed by atoms with E-state index in [0.29, 0.717) is 11.5 Å². The molecule has 2 atom stereocenters. The van der Waals surface area contributed by atoms with Crippen molar-refractivity contribution in [1.29, 1.82) is 0 Å². The summed E-state index contributed by atoms with van der Waals surface area (Å²) in [6, 6.07) is 15.4. The van der Waals surface area contributed by atoms with Crippen LogP contribution in [0, 0.1) is 11.3 Å². The monoisotopic (exact) mass is 405 g/mol. The van der Waals surface area contributed by atoms with Crippen LogP contribution in [0.15, 0.2) is 36.4 Å². The Hall–Kier alpha value is -1.54. The highest BCUT2D eigenvalue weighted by molar-refractivity contribution is 5.84. The highest BCUT2D eigenvalue weighted by atomic mass is 16.5. The standard InChI is InChI=1S/C28H39NO/c1-28(2,3)23-10-15-26(16-11-23)30-27-14-9-21-17-20(7-8-22(21)18-27)19-29-24-5-4-6-25(29)13-12-24/h7-9,14,17-18,23-26H,4-6,10-13,15-16,19H2,1-3H3. The van der Waals surface area contributed by atoms with Gasteiger partial charge in [-0.2, -0.15) is 0 Å². The Kier molecular flexibility index (Phi) is 5.56. The van der Waals surface area contributed by atoms with E-state index in [-0.39, 0.29) is 0 Å². The number of hydrogen-bond donors (Lipinski definition) is 0. The predicted molar refractivity (Wildman–Crippen MR) is 126 cm³/mol. The third kappa shape index (κ3) is 4.26. The summed E-state index contributed by atoms with van der Waals surface area (Å²) in [6.45, 7) is 8.27. The summed E-state index contributed by atoms with van der Waals surface area (Å²) in [5.74, 6) is 1.88. The van der Waals surface area contributed by atoms with Gasteiger partial charge in [-0.3, -0.25) is 4.90 Å². The van der Waals surface area contributed by atoms with Crippen LogP contribution in [-0.2, 0) is 6.54 Å². The third-order valence-electron chi connectivity index (χ3n) is 8.29. The Labute approximate surface area is 183 Å². The number of piperidine rings is 1. The first kappa shape index (κ1) is 20.4. The highest BCUT2D eigenvalue weighted by Crippen LogP contribution is 2.39. The van der Waals surface area contributed by atoms with E-state index in [1.54, 1.807) is 0 Å². The molecule has 2 unspecified atom stereocenters. The van der Waals surface area contributed by atoms with Crippen LogP contribution in [0.2, 0.25) is 0 Å². The van der Waals surface area contributed by atoms with E-state index >= 15 is 0 Å². The largest absolute Gasteiger partial charge is 0.490 e. The van der Waals surface area contributed by atoms with Crippen LogP contribution < -0.4 is 4.74 Å². The second kappa shape index (κ2) is 8.19. The molecule has 2 aromatic carbocycles. The molecule has 0 spiro atoms. The Morgan fingerprint density at radius 2 is 1.47 bits per heavy atom. The lowest BCUT2D eigenvalue weighted by Crippen LogP contribution is -2.38. The topological polar surface area (TPSA) is 12.5 Å². The number of fused-ring (bicyclic) bond motifs is 3. The van der Waals surface area contributed by atoms with Gasteiger partial charge in [-0.1, -0.05) is 45.4 Å². The van der Waals surface area contributed by atoms with Crippen molar-refractivity contribution in [1.82, 2.24) is 4.90 Å². The van der Waals surface area contributed by atoms with Crippen LogP contribution in [0.5, 0.6) is 5.75 Å². The molecule has 1 saturated carbocycles. The Morgan fingerprint density at radius 3 is 2.17 bits per heavy atom. The van der Waals surface area contributed by atoms with Crippen molar-refractivity contribution in [2.45, 2.75) is 103 Å². The minimum Gasteiger partial charge on any atom is -0.490 e. The summed E-state index contributed by atoms with van der Waals surface area (Å²) in [5, 5.41) is 2.65. The molecule has 3 aliphatic rings. The number of benzene rings is 2. The molecule has 5 rings (SSSR count). The Balaban J connectivity index is 1.23. The van der Waals surface area contributed by atoms with E-state index < -0.39 is 0 Å². The maximum Gasteiger partial charge on any atom is 0.120 e. The molecule has 2 nitrogen and oxygen atoms in total. The normalized spacial score (nSPS) is 30.0. The van der Waals surface area contributed by atoms with Gasteiger partial charge in [0, 0.05) is 18.6 Å². The fraction of sp³-hybridized carbons (Fsp3) is 0.643.